The Morgan fingerprint density at radius 1 is 1.00 bits per heavy atom. The van der Waals surface area contributed by atoms with Gasteiger partial charge >= 0.3 is 5.97 Å². The zero-order valence-corrected chi connectivity index (χ0v) is 18.9. The van der Waals surface area contributed by atoms with Crippen molar-refractivity contribution in [1.82, 2.24) is 9.97 Å². The summed E-state index contributed by atoms with van der Waals surface area (Å²) in [5.41, 5.74) is 2.96. The van der Waals surface area contributed by atoms with E-state index in [0.29, 0.717) is 15.6 Å². The molecule has 2 aromatic heterocycles. The van der Waals surface area contributed by atoms with Crippen LogP contribution >= 0.6 is 11.3 Å². The fourth-order valence-corrected chi connectivity index (χ4v) is 5.28. The Morgan fingerprint density at radius 3 is 2.15 bits per heavy atom. The lowest BCUT2D eigenvalue weighted by atomic mass is 9.92. The number of aliphatic carboxylic acids is 1. The maximum Gasteiger partial charge on any atom is 0.308 e. The first-order valence-electron chi connectivity index (χ1n) is 10.9. The van der Waals surface area contributed by atoms with E-state index in [1.54, 1.807) is 30.5 Å². The van der Waals surface area contributed by atoms with Crippen LogP contribution in [0.5, 0.6) is 0 Å². The smallest absolute Gasteiger partial charge is 0.308 e. The monoisotopic (exact) mass is 477 g/mol. The Kier molecular flexibility index (Phi) is 6.06. The summed E-state index contributed by atoms with van der Waals surface area (Å²) in [5.74, 6) is -1.22. The Morgan fingerprint density at radius 2 is 1.62 bits per heavy atom. The van der Waals surface area contributed by atoms with Crippen molar-refractivity contribution in [3.63, 3.8) is 0 Å². The highest BCUT2D eigenvalue weighted by atomic mass is 32.1. The minimum Gasteiger partial charge on any atom is -0.481 e. The third kappa shape index (κ3) is 4.54. The predicted octanol–water partition coefficient (Wildman–Crippen LogP) is 5.50. The Balaban J connectivity index is 1.63. The molecule has 4 aromatic rings. The van der Waals surface area contributed by atoms with Crippen LogP contribution in [0.3, 0.4) is 0 Å². The van der Waals surface area contributed by atoms with E-state index in [9.17, 15) is 18.7 Å². The molecule has 0 bridgehead atoms. The average molecular weight is 478 g/mol. The summed E-state index contributed by atoms with van der Waals surface area (Å²) in [5, 5.41) is 10.2. The molecule has 5 nitrogen and oxygen atoms in total. The number of hydrogen-bond donors (Lipinski definition) is 1. The number of pyridine rings is 1. The minimum absolute atomic E-state index is 0.173. The first-order chi connectivity index (χ1) is 16.5. The van der Waals surface area contributed by atoms with Crippen LogP contribution in [-0.4, -0.2) is 34.1 Å². The van der Waals surface area contributed by atoms with E-state index in [-0.39, 0.29) is 18.1 Å². The highest BCUT2D eigenvalue weighted by Gasteiger charge is 2.25. The van der Waals surface area contributed by atoms with E-state index in [1.807, 2.05) is 12.1 Å². The van der Waals surface area contributed by atoms with Gasteiger partial charge < -0.3 is 10.0 Å². The van der Waals surface area contributed by atoms with Gasteiger partial charge in [0.1, 0.15) is 22.5 Å². The predicted molar refractivity (Wildman–Crippen MR) is 127 cm³/mol. The van der Waals surface area contributed by atoms with Crippen LogP contribution in [0.4, 0.5) is 14.6 Å². The number of aromatic nitrogens is 2. The van der Waals surface area contributed by atoms with Gasteiger partial charge in [-0.2, -0.15) is 0 Å². The van der Waals surface area contributed by atoms with Crippen molar-refractivity contribution in [3.8, 4) is 11.3 Å². The molecule has 8 heteroatoms. The summed E-state index contributed by atoms with van der Waals surface area (Å²) in [6, 6.07) is 16.0. The van der Waals surface area contributed by atoms with E-state index in [1.165, 1.54) is 35.6 Å². The number of rotatable bonds is 7. The molecule has 1 aliphatic rings. The van der Waals surface area contributed by atoms with Crippen molar-refractivity contribution in [2.24, 2.45) is 0 Å². The third-order valence-electron chi connectivity index (χ3n) is 5.88. The van der Waals surface area contributed by atoms with Crippen LogP contribution in [0, 0.1) is 11.6 Å². The molecule has 0 unspecified atom stereocenters. The van der Waals surface area contributed by atoms with Gasteiger partial charge in [0.25, 0.3) is 0 Å². The van der Waals surface area contributed by atoms with Gasteiger partial charge in [0.05, 0.1) is 18.0 Å². The summed E-state index contributed by atoms with van der Waals surface area (Å²) in [6.45, 7) is 1.88. The zero-order chi connectivity index (χ0) is 23.7. The first kappa shape index (κ1) is 22.2. The fraction of sp³-hybridized carbons (Fsp3) is 0.192. The maximum atomic E-state index is 13.6. The van der Waals surface area contributed by atoms with Crippen LogP contribution in [0.1, 0.15) is 33.4 Å². The Hall–Kier alpha value is -3.65. The van der Waals surface area contributed by atoms with Crippen LogP contribution in [0.15, 0.2) is 66.9 Å². The molecule has 1 aliphatic heterocycles. The summed E-state index contributed by atoms with van der Waals surface area (Å²) in [7, 11) is 0. The lowest BCUT2D eigenvalue weighted by molar-refractivity contribution is -0.136. The van der Waals surface area contributed by atoms with Gasteiger partial charge in [-0.25, -0.2) is 18.7 Å². The SMILES string of the molecule is O=C(O)Cc1sc(C(c2ccc(F)cc2)c2ccc(F)cc2)nc1-c1ccnc(N2CCC2)c1. The number of nitrogens with zero attached hydrogens (tertiary/aromatic N) is 3. The van der Waals surface area contributed by atoms with Crippen molar-refractivity contribution >= 4 is 23.1 Å². The van der Waals surface area contributed by atoms with E-state index < -0.39 is 11.9 Å². The van der Waals surface area contributed by atoms with Crippen molar-refractivity contribution in [1.29, 1.82) is 0 Å². The molecule has 0 spiro atoms. The second-order valence-corrected chi connectivity index (χ2v) is 9.29. The number of halogens is 2. The first-order valence-corrected chi connectivity index (χ1v) is 11.7. The number of carboxylic acid groups (broad SMARTS) is 1. The van der Waals surface area contributed by atoms with Crippen molar-refractivity contribution in [3.05, 3.63) is 99.5 Å². The van der Waals surface area contributed by atoms with Crippen LogP contribution in [0.2, 0.25) is 0 Å². The molecular weight excluding hydrogens is 456 g/mol. The van der Waals surface area contributed by atoms with Gasteiger partial charge in [-0.1, -0.05) is 24.3 Å². The lowest BCUT2D eigenvalue weighted by Crippen LogP contribution is -2.37. The molecule has 0 atom stereocenters. The lowest BCUT2D eigenvalue weighted by Gasteiger charge is -2.32. The molecule has 34 heavy (non-hydrogen) atoms. The molecule has 1 N–H and O–H groups in total. The quantitative estimate of drug-likeness (QED) is 0.381. The molecular formula is C26H21F2N3O2S. The molecule has 172 valence electrons. The number of benzene rings is 2. The van der Waals surface area contributed by atoms with E-state index in [4.69, 9.17) is 4.98 Å². The van der Waals surface area contributed by atoms with Gasteiger partial charge in [-0.15, -0.1) is 11.3 Å². The van der Waals surface area contributed by atoms with Crippen molar-refractivity contribution in [2.45, 2.75) is 18.8 Å². The third-order valence-corrected chi connectivity index (χ3v) is 7.00. The van der Waals surface area contributed by atoms with Gasteiger partial charge in [0.15, 0.2) is 0 Å². The Labute approximate surface area is 199 Å². The van der Waals surface area contributed by atoms with E-state index >= 15 is 0 Å². The standard InChI is InChI=1S/C26H21F2N3O2S/c27-19-6-2-16(3-7-19)24(17-4-8-20(28)9-5-17)26-30-25(21(34-26)15-23(32)33)18-10-11-29-22(14-18)31-12-1-13-31/h2-11,14,24H,1,12-13,15H2,(H,32,33). The summed E-state index contributed by atoms with van der Waals surface area (Å²) >= 11 is 1.31. The Bertz CT molecular complexity index is 1270. The molecule has 5 rings (SSSR count). The van der Waals surface area contributed by atoms with E-state index in [2.05, 4.69) is 9.88 Å². The summed E-state index contributed by atoms with van der Waals surface area (Å²) in [4.78, 5) is 23.8. The number of thiazole rings is 1. The second-order valence-electron chi connectivity index (χ2n) is 8.17. The molecule has 1 saturated heterocycles. The number of carboxylic acids is 1. The molecule has 0 radical (unpaired) electrons. The molecule has 0 saturated carbocycles. The largest absolute Gasteiger partial charge is 0.481 e. The second kappa shape index (κ2) is 9.30. The molecule has 0 amide bonds. The van der Waals surface area contributed by atoms with Gasteiger partial charge in [-0.3, -0.25) is 4.79 Å². The van der Waals surface area contributed by atoms with E-state index in [0.717, 1.165) is 42.0 Å². The molecule has 2 aromatic carbocycles. The molecule has 1 fully saturated rings. The van der Waals surface area contributed by atoms with Gasteiger partial charge in [0, 0.05) is 29.7 Å². The van der Waals surface area contributed by atoms with Crippen molar-refractivity contribution < 1.29 is 18.7 Å². The summed E-state index contributed by atoms with van der Waals surface area (Å²) < 4.78 is 27.3. The zero-order valence-electron chi connectivity index (χ0n) is 18.1. The highest BCUT2D eigenvalue weighted by Crippen LogP contribution is 2.39. The normalized spacial score (nSPS) is 13.2. The number of anilines is 1. The van der Waals surface area contributed by atoms with Crippen LogP contribution in [-0.2, 0) is 11.2 Å². The number of carbonyl (C=O) groups is 1. The van der Waals surface area contributed by atoms with Gasteiger partial charge in [-0.05, 0) is 53.9 Å². The van der Waals surface area contributed by atoms with Crippen molar-refractivity contribution in [2.75, 3.05) is 18.0 Å². The molecule has 3 heterocycles. The highest BCUT2D eigenvalue weighted by molar-refractivity contribution is 7.12. The van der Waals surface area contributed by atoms with Gasteiger partial charge in [0.2, 0.25) is 0 Å². The van der Waals surface area contributed by atoms with Crippen LogP contribution < -0.4 is 4.90 Å². The van der Waals surface area contributed by atoms with Crippen LogP contribution in [0.25, 0.3) is 11.3 Å². The summed E-state index contributed by atoms with van der Waals surface area (Å²) in [6.07, 6.45) is 2.66. The average Bonchev–Trinajstić information content (AvgIpc) is 3.18. The number of hydrogen-bond acceptors (Lipinski definition) is 5. The fourth-order valence-electron chi connectivity index (χ4n) is 4.05. The minimum atomic E-state index is -0.950. The maximum absolute atomic E-state index is 13.6. The topological polar surface area (TPSA) is 66.3 Å². The molecule has 0 aliphatic carbocycles.